The highest BCUT2D eigenvalue weighted by molar-refractivity contribution is 14.2. The van der Waals surface area contributed by atoms with Gasteiger partial charge in [-0.15, -0.1) is 0 Å². The summed E-state index contributed by atoms with van der Waals surface area (Å²) in [5, 5.41) is 7.11. The first-order valence-corrected chi connectivity index (χ1v) is 9.03. The van der Waals surface area contributed by atoms with Crippen LogP contribution in [0.1, 0.15) is 20.8 Å². The molecule has 0 spiro atoms. The fourth-order valence-corrected chi connectivity index (χ4v) is 2.39. The molecule has 15 heavy (non-hydrogen) atoms. The quantitative estimate of drug-likeness (QED) is 0.664. The molecule has 1 heterocycles. The predicted octanol–water partition coefficient (Wildman–Crippen LogP) is 3.15. The summed E-state index contributed by atoms with van der Waals surface area (Å²) in [6.45, 7) is 6.65. The van der Waals surface area contributed by atoms with Gasteiger partial charge in [-0.3, -0.25) is 4.79 Å². The van der Waals surface area contributed by atoms with Crippen molar-refractivity contribution in [1.29, 1.82) is 0 Å². The van der Waals surface area contributed by atoms with E-state index in [1.54, 1.807) is 6.20 Å². The number of hydrogen-bond donors (Lipinski definition) is 1. The number of nitrogens with zero attached hydrogens (tertiary/aromatic N) is 2. The molecule has 0 aliphatic rings. The number of halogens is 2. The number of rotatable bonds is 3. The summed E-state index contributed by atoms with van der Waals surface area (Å²) in [7, 11) is 0. The highest BCUT2D eigenvalue weighted by Crippen LogP contribution is 2.22. The van der Waals surface area contributed by atoms with Crippen LogP contribution in [0, 0.1) is 0 Å². The van der Waals surface area contributed by atoms with Crippen molar-refractivity contribution in [2.75, 3.05) is 11.9 Å². The third kappa shape index (κ3) is 4.25. The molecule has 0 saturated carbocycles. The fraction of sp³-hybridized carbons (Fsp3) is 0.500. The molecule has 1 aromatic rings. The molecule has 1 aromatic heterocycles. The first kappa shape index (κ1) is 15.1. The first-order chi connectivity index (χ1) is 7.20. The van der Waals surface area contributed by atoms with E-state index in [1.807, 2.05) is 20.8 Å². The number of hydrogen-bond acceptors (Lipinski definition) is 3. The Bertz CT molecular complexity index is 358. The van der Waals surface area contributed by atoms with Crippen LogP contribution in [-0.2, 0) is 0 Å². The largest absolute Gasteiger partial charge is 0.383 e. The smallest absolute Gasteiger partial charge is 0.291 e. The Labute approximate surface area is 109 Å². The molecule has 0 aliphatic carbocycles. The first-order valence-electron chi connectivity index (χ1n) is 4.59. The van der Waals surface area contributed by atoms with Gasteiger partial charge in [0.05, 0.1) is 18.3 Å². The molecule has 0 saturated heterocycles. The molecule has 0 amide bonds. The molecule has 0 aromatic carbocycles. The van der Waals surface area contributed by atoms with Crippen molar-refractivity contribution in [2.24, 2.45) is 0 Å². The van der Waals surface area contributed by atoms with Crippen molar-refractivity contribution >= 4 is 45.7 Å². The van der Waals surface area contributed by atoms with E-state index in [0.29, 0.717) is 5.69 Å². The molecule has 1 atom stereocenters. The van der Waals surface area contributed by atoms with Gasteiger partial charge in [-0.1, -0.05) is 25.4 Å². The average molecular weight is 362 g/mol. The topological polar surface area (TPSA) is 46.9 Å². The van der Waals surface area contributed by atoms with Gasteiger partial charge >= 0.3 is 0 Å². The van der Waals surface area contributed by atoms with Crippen LogP contribution >= 0.6 is 40.0 Å². The third-order valence-corrected chi connectivity index (χ3v) is 3.58. The van der Waals surface area contributed by atoms with Crippen molar-refractivity contribution in [3.63, 3.8) is 0 Å². The van der Waals surface area contributed by atoms with E-state index in [-0.39, 0.29) is 17.0 Å². The summed E-state index contributed by atoms with van der Waals surface area (Å²) in [6, 6.07) is 0. The third-order valence-electron chi connectivity index (χ3n) is 1.37. The minimum Gasteiger partial charge on any atom is -0.383 e. The zero-order chi connectivity index (χ0) is 11.8. The van der Waals surface area contributed by atoms with E-state index in [0.717, 1.165) is 6.54 Å². The van der Waals surface area contributed by atoms with Crippen molar-refractivity contribution in [3.05, 3.63) is 21.6 Å². The molecule has 0 fully saturated rings. The Morgan fingerprint density at radius 3 is 2.73 bits per heavy atom. The lowest BCUT2D eigenvalue weighted by Crippen LogP contribution is -2.18. The van der Waals surface area contributed by atoms with Crippen LogP contribution in [-0.4, -0.2) is 16.1 Å². The lowest BCUT2D eigenvalue weighted by molar-refractivity contribution is 0.916. The van der Waals surface area contributed by atoms with Gasteiger partial charge in [-0.2, -0.15) is 5.10 Å². The van der Waals surface area contributed by atoms with E-state index < -0.39 is 0 Å². The van der Waals surface area contributed by atoms with Gasteiger partial charge in [-0.25, -0.2) is 4.45 Å². The maximum atomic E-state index is 11.4. The minimum absolute atomic E-state index is 0.209. The molecule has 0 radical (unpaired) electrons. The molecular weight excluding hydrogens is 347 g/mol. The molecule has 4 nitrogen and oxygen atoms in total. The molecule has 1 N–H and O–H groups in total. The van der Waals surface area contributed by atoms with E-state index in [4.69, 9.17) is 11.6 Å². The maximum absolute atomic E-state index is 11.4. The van der Waals surface area contributed by atoms with Crippen LogP contribution in [0.4, 0.5) is 5.69 Å². The van der Waals surface area contributed by atoms with Crippen molar-refractivity contribution in [2.45, 2.75) is 20.8 Å². The second kappa shape index (κ2) is 8.30. The lowest BCUT2D eigenvalue weighted by atomic mass is 10.4. The second-order valence-corrected chi connectivity index (χ2v) is 4.62. The molecule has 1 unspecified atom stereocenters. The number of nitrogens with one attached hydrogen (secondary N) is 1. The minimum atomic E-state index is -0.243. The van der Waals surface area contributed by atoms with Crippen molar-refractivity contribution in [3.8, 4) is 0 Å². The average Bonchev–Trinajstić information content (AvgIpc) is 2.28. The summed E-state index contributed by atoms with van der Waals surface area (Å²) in [5.41, 5.74) is 0.355. The van der Waals surface area contributed by atoms with E-state index in [9.17, 15) is 4.79 Å². The number of anilines is 1. The summed E-state index contributed by atoms with van der Waals surface area (Å²) in [5.74, 6) is 0. The molecule has 0 aliphatic heterocycles. The normalized spacial score (nSPS) is 9.93. The van der Waals surface area contributed by atoms with Crippen LogP contribution in [0.25, 0.3) is 0 Å². The van der Waals surface area contributed by atoms with Gasteiger partial charge in [0.2, 0.25) is 0 Å². The van der Waals surface area contributed by atoms with Crippen LogP contribution in [0.5, 0.6) is 0 Å². The summed E-state index contributed by atoms with van der Waals surface area (Å²) in [4.78, 5) is 11.4. The highest BCUT2D eigenvalue weighted by Gasteiger charge is 2.06. The molecule has 86 valence electrons. The van der Waals surface area contributed by atoms with Crippen LogP contribution < -0.4 is 10.9 Å². The van der Waals surface area contributed by atoms with Crippen molar-refractivity contribution < 1.29 is 0 Å². The molecule has 7 heteroatoms. The van der Waals surface area contributed by atoms with Crippen LogP contribution in [0.15, 0.2) is 11.0 Å². The molecule has 1 rings (SSSR count). The Hall–Kier alpha value is 0.130. The second-order valence-electron chi connectivity index (χ2n) is 2.20. The van der Waals surface area contributed by atoms with Crippen molar-refractivity contribution in [1.82, 2.24) is 9.55 Å². The van der Waals surface area contributed by atoms with Gasteiger partial charge in [0, 0.05) is 6.54 Å². The zero-order valence-corrected chi connectivity index (χ0v) is 12.8. The highest BCUT2D eigenvalue weighted by atomic mass is 127. The summed E-state index contributed by atoms with van der Waals surface area (Å²) >= 11 is 7.90. The van der Waals surface area contributed by atoms with Gasteiger partial charge in [0.1, 0.15) is 5.02 Å². The fourth-order valence-electron chi connectivity index (χ4n) is 0.807. The van der Waals surface area contributed by atoms with E-state index in [2.05, 4.69) is 32.5 Å². The Morgan fingerprint density at radius 2 is 2.27 bits per heavy atom. The Morgan fingerprint density at radius 1 is 1.67 bits per heavy atom. The molecule has 0 bridgehead atoms. The summed E-state index contributed by atoms with van der Waals surface area (Å²) < 4.78 is 1.34. The van der Waals surface area contributed by atoms with Gasteiger partial charge in [0.15, 0.2) is 0 Å². The van der Waals surface area contributed by atoms with Crippen LogP contribution in [0.3, 0.4) is 0 Å². The maximum Gasteiger partial charge on any atom is 0.291 e. The van der Waals surface area contributed by atoms with E-state index in [1.165, 1.54) is 4.45 Å². The summed E-state index contributed by atoms with van der Waals surface area (Å²) in [6.07, 6.45) is 1.84. The van der Waals surface area contributed by atoms with Gasteiger partial charge in [0.25, 0.3) is 5.56 Å². The van der Waals surface area contributed by atoms with Crippen LogP contribution in [0.2, 0.25) is 5.02 Å². The van der Waals surface area contributed by atoms with Gasteiger partial charge in [-0.05, 0) is 29.0 Å². The molecular formula is C8H14ClIN3OP. The van der Waals surface area contributed by atoms with Gasteiger partial charge < -0.3 is 5.32 Å². The van der Waals surface area contributed by atoms with E-state index >= 15 is 0 Å². The zero-order valence-electron chi connectivity index (χ0n) is 8.84. The SMILES string of the molecule is CC.CCNc1cnn(PI)c(=O)c1Cl. The monoisotopic (exact) mass is 361 g/mol. The lowest BCUT2D eigenvalue weighted by Gasteiger charge is -2.05. The number of aromatic nitrogens is 2. The predicted molar refractivity (Wildman–Crippen MR) is 76.8 cm³/mol. The Balaban J connectivity index is 0.000000921. The standard InChI is InChI=1S/C6H8ClIN3OP.C2H6/c1-2-9-4-3-10-11(13-8)6(12)5(4)7;1-2/h3,9,13H,2H2,1H3;1-2H3. The Kier molecular flexibility index (Phi) is 8.37.